The van der Waals surface area contributed by atoms with E-state index in [0.29, 0.717) is 0 Å². The van der Waals surface area contributed by atoms with Gasteiger partial charge in [0.1, 0.15) is 0 Å². The Morgan fingerprint density at radius 2 is 0.776 bits per heavy atom. The van der Waals surface area contributed by atoms with Crippen LogP contribution in [0, 0.1) is 0 Å². The molecule has 0 unspecified atom stereocenters. The molecule has 58 heavy (non-hydrogen) atoms. The predicted molar refractivity (Wildman–Crippen MR) is 243 cm³/mol. The van der Waals surface area contributed by atoms with Crippen LogP contribution in [0.5, 0.6) is 0 Å². The third-order valence-electron chi connectivity index (χ3n) is 11.9. The van der Waals surface area contributed by atoms with Gasteiger partial charge in [-0.15, -0.1) is 0 Å². The van der Waals surface area contributed by atoms with Crippen LogP contribution in [0.15, 0.2) is 200 Å². The first-order valence-corrected chi connectivity index (χ1v) is 19.7. The highest BCUT2D eigenvalue weighted by Crippen LogP contribution is 2.44. The normalized spacial score (nSPS) is 11.8. The van der Waals surface area contributed by atoms with Gasteiger partial charge in [0.05, 0.1) is 29.0 Å². The quantitative estimate of drug-likeness (QED) is 0.165. The van der Waals surface area contributed by atoms with Gasteiger partial charge in [0.15, 0.2) is 0 Å². The number of fused-ring (bicyclic) bond motifs is 2. The van der Waals surface area contributed by atoms with Gasteiger partial charge in [-0.2, -0.15) is 0 Å². The first-order valence-electron chi connectivity index (χ1n) is 19.7. The summed E-state index contributed by atoms with van der Waals surface area (Å²) in [6.07, 6.45) is 3.76. The summed E-state index contributed by atoms with van der Waals surface area (Å²) in [6.45, 7) is 0. The lowest BCUT2D eigenvalue weighted by Gasteiger charge is -2.17. The minimum atomic E-state index is 0.787. The molecule has 0 radical (unpaired) electrons. The van der Waals surface area contributed by atoms with Gasteiger partial charge in [-0.1, -0.05) is 164 Å². The Morgan fingerprint density at radius 1 is 0.259 bits per heavy atom. The number of pyridine rings is 1. The zero-order valence-corrected chi connectivity index (χ0v) is 31.4. The van der Waals surface area contributed by atoms with Gasteiger partial charge in [0, 0.05) is 28.5 Å². The topological polar surface area (TPSA) is 38.7 Å². The van der Waals surface area contributed by atoms with E-state index in [9.17, 15) is 0 Å². The van der Waals surface area contributed by atoms with Crippen molar-refractivity contribution in [2.45, 2.75) is 0 Å². The van der Waals surface area contributed by atoms with Gasteiger partial charge >= 0.3 is 0 Å². The molecule has 0 fully saturated rings. The smallest absolute Gasteiger partial charge is 0.0972 e. The van der Waals surface area contributed by atoms with E-state index in [4.69, 9.17) is 15.0 Å². The van der Waals surface area contributed by atoms with Crippen LogP contribution in [0.4, 0.5) is 0 Å². The number of aromatic nitrogens is 3. The average Bonchev–Trinajstić information content (AvgIpc) is 3.30. The van der Waals surface area contributed by atoms with Crippen molar-refractivity contribution in [2.24, 2.45) is 0 Å². The van der Waals surface area contributed by atoms with E-state index in [1.54, 1.807) is 0 Å². The SMILES string of the molecule is c1ccc(-c2ncc(-c3ccc(-c4ccc(-c5cc6ccc7cccc8c9cccc%10ccc%11cccc(c(c5)c6c78)c%11c%109)cc4)nc3)nc2-c2ccccc2)cc1. The molecule has 0 atom stereocenters. The molecule has 0 aliphatic heterocycles. The summed E-state index contributed by atoms with van der Waals surface area (Å²) < 4.78 is 0. The minimum Gasteiger partial charge on any atom is -0.256 e. The van der Waals surface area contributed by atoms with Crippen LogP contribution in [0.25, 0.3) is 121 Å². The predicted octanol–water partition coefficient (Wildman–Crippen LogP) is 14.6. The van der Waals surface area contributed by atoms with Gasteiger partial charge < -0.3 is 0 Å². The highest BCUT2D eigenvalue weighted by atomic mass is 14.8. The second-order valence-corrected chi connectivity index (χ2v) is 15.2. The second kappa shape index (κ2) is 12.9. The number of rotatable bonds is 5. The highest BCUT2D eigenvalue weighted by molar-refractivity contribution is 6.37. The van der Waals surface area contributed by atoms with Gasteiger partial charge in [-0.25, -0.2) is 4.98 Å². The fourth-order valence-electron chi connectivity index (χ4n) is 9.13. The molecule has 0 aliphatic rings. The first kappa shape index (κ1) is 32.5. The van der Waals surface area contributed by atoms with Gasteiger partial charge in [-0.3, -0.25) is 9.97 Å². The van der Waals surface area contributed by atoms with Gasteiger partial charge in [0.25, 0.3) is 0 Å². The summed E-state index contributed by atoms with van der Waals surface area (Å²) in [4.78, 5) is 15.0. The van der Waals surface area contributed by atoms with Crippen molar-refractivity contribution in [2.75, 3.05) is 0 Å². The Morgan fingerprint density at radius 3 is 1.36 bits per heavy atom. The molecule has 0 N–H and O–H groups in total. The van der Waals surface area contributed by atoms with Crippen molar-refractivity contribution < 1.29 is 0 Å². The van der Waals surface area contributed by atoms with Crippen molar-refractivity contribution in [3.05, 3.63) is 200 Å². The zero-order chi connectivity index (χ0) is 38.2. The van der Waals surface area contributed by atoms with Crippen molar-refractivity contribution in [3.8, 4) is 56.2 Å². The molecule has 0 saturated heterocycles. The molecule has 0 aliphatic carbocycles. The lowest BCUT2D eigenvalue weighted by molar-refractivity contribution is 1.20. The molecule has 3 heteroatoms. The number of nitrogens with zero attached hydrogens (tertiary/aromatic N) is 3. The van der Waals surface area contributed by atoms with Crippen molar-refractivity contribution in [3.63, 3.8) is 0 Å². The molecule has 2 aromatic heterocycles. The fourth-order valence-corrected chi connectivity index (χ4v) is 9.13. The maximum atomic E-state index is 5.14. The Bertz CT molecular complexity index is 3520. The summed E-state index contributed by atoms with van der Waals surface area (Å²) in [5.41, 5.74) is 9.82. The lowest BCUT2D eigenvalue weighted by Crippen LogP contribution is -1.96. The summed E-state index contributed by atoms with van der Waals surface area (Å²) in [5.74, 6) is 0. The Kier molecular flexibility index (Phi) is 7.23. The molecule has 3 nitrogen and oxygen atoms in total. The molecule has 0 saturated carbocycles. The van der Waals surface area contributed by atoms with E-state index in [0.717, 1.165) is 45.0 Å². The summed E-state index contributed by atoms with van der Waals surface area (Å²) >= 11 is 0. The maximum absolute atomic E-state index is 5.14. The highest BCUT2D eigenvalue weighted by Gasteiger charge is 2.17. The Hall–Kier alpha value is -7.75. The molecule has 10 aromatic carbocycles. The Balaban J connectivity index is 0.955. The number of hydrogen-bond acceptors (Lipinski definition) is 3. The van der Waals surface area contributed by atoms with E-state index in [1.165, 1.54) is 75.8 Å². The van der Waals surface area contributed by atoms with E-state index < -0.39 is 0 Å². The largest absolute Gasteiger partial charge is 0.256 e. The third-order valence-corrected chi connectivity index (χ3v) is 11.9. The lowest BCUT2D eigenvalue weighted by atomic mass is 9.86. The van der Waals surface area contributed by atoms with E-state index >= 15 is 0 Å². The molecule has 12 aromatic rings. The molecular weight excluding hydrogens is 703 g/mol. The van der Waals surface area contributed by atoms with Crippen LogP contribution in [0.2, 0.25) is 0 Å². The summed E-state index contributed by atoms with van der Waals surface area (Å²) in [6, 6.07) is 67.7. The van der Waals surface area contributed by atoms with Gasteiger partial charge in [-0.05, 0) is 100 Å². The van der Waals surface area contributed by atoms with Crippen LogP contribution >= 0.6 is 0 Å². The molecule has 0 amide bonds. The van der Waals surface area contributed by atoms with Crippen LogP contribution in [-0.2, 0) is 0 Å². The van der Waals surface area contributed by atoms with Crippen LogP contribution in [0.3, 0.4) is 0 Å². The molecule has 268 valence electrons. The van der Waals surface area contributed by atoms with Crippen molar-refractivity contribution in [1.82, 2.24) is 15.0 Å². The van der Waals surface area contributed by atoms with Crippen molar-refractivity contribution in [1.29, 1.82) is 0 Å². The maximum Gasteiger partial charge on any atom is 0.0972 e. The molecule has 2 heterocycles. The molecule has 0 bridgehead atoms. The second-order valence-electron chi connectivity index (χ2n) is 15.2. The fraction of sp³-hybridized carbons (Fsp3) is 0. The van der Waals surface area contributed by atoms with Crippen molar-refractivity contribution >= 4 is 64.6 Å². The first-order chi connectivity index (χ1) is 28.7. The number of benzene rings is 9. The van der Waals surface area contributed by atoms with Crippen LogP contribution in [-0.4, -0.2) is 15.0 Å². The third kappa shape index (κ3) is 5.11. The minimum absolute atomic E-state index is 0.787. The number of hydrogen-bond donors (Lipinski definition) is 0. The average molecular weight is 736 g/mol. The summed E-state index contributed by atoms with van der Waals surface area (Å²) in [5, 5.41) is 15.5. The monoisotopic (exact) mass is 735 g/mol. The molecule has 0 spiro atoms. The van der Waals surface area contributed by atoms with Crippen LogP contribution in [0.1, 0.15) is 0 Å². The Labute approximate surface area is 334 Å². The zero-order valence-electron chi connectivity index (χ0n) is 31.4. The molecular formula is C55H33N3. The van der Waals surface area contributed by atoms with Crippen LogP contribution < -0.4 is 0 Å². The molecule has 12 rings (SSSR count). The van der Waals surface area contributed by atoms with Gasteiger partial charge in [0.2, 0.25) is 0 Å². The van der Waals surface area contributed by atoms with E-state index in [2.05, 4.69) is 152 Å². The standard InChI is InChI=1S/C55H33N3/c1-3-10-39(11-4-1)54-55(40-12-5-2-6-13-40)58-49(33-57-54)42-28-29-48(56-32-42)35-22-20-34(21-23-35)43-30-41-27-26-38-15-8-18-45-44-17-7-14-36-24-25-37-16-9-19-46(52(37)50(36)44)47(31-43)53(41)51(38)45/h1-33H. The summed E-state index contributed by atoms with van der Waals surface area (Å²) in [7, 11) is 0. The van der Waals surface area contributed by atoms with E-state index in [1.807, 2.05) is 48.8 Å². The van der Waals surface area contributed by atoms with E-state index in [-0.39, 0.29) is 0 Å².